The Balaban J connectivity index is 1.74. The number of aliphatic hydroxyl groups excluding tert-OH is 1. The van der Waals surface area contributed by atoms with Gasteiger partial charge >= 0.3 is 0 Å². The van der Waals surface area contributed by atoms with Crippen molar-refractivity contribution in [3.8, 4) is 0 Å². The minimum absolute atomic E-state index is 0.0119. The van der Waals surface area contributed by atoms with Crippen molar-refractivity contribution < 1.29 is 19.1 Å². The van der Waals surface area contributed by atoms with Gasteiger partial charge in [-0.05, 0) is 37.7 Å². The van der Waals surface area contributed by atoms with E-state index in [4.69, 9.17) is 9.94 Å². The number of nitrogens with zero attached hydrogens (tertiary/aromatic N) is 2. The summed E-state index contributed by atoms with van der Waals surface area (Å²) < 4.78 is 16.7. The number of allylic oxidation sites excluding steroid dienone is 1. The molecule has 154 valence electrons. The van der Waals surface area contributed by atoms with E-state index in [9.17, 15) is 9.18 Å². The number of amides is 1. The molecule has 0 saturated heterocycles. The number of carbonyl (C=O) groups is 1. The number of aromatic nitrogens is 2. The van der Waals surface area contributed by atoms with Crippen LogP contribution in [0, 0.1) is 0 Å². The first-order chi connectivity index (χ1) is 14.1. The second-order valence-electron chi connectivity index (χ2n) is 6.99. The molecule has 7 nitrogen and oxygen atoms in total. The van der Waals surface area contributed by atoms with Gasteiger partial charge in [0.05, 0.1) is 30.5 Å². The third-order valence-electron chi connectivity index (χ3n) is 5.01. The number of hydrogen-bond acceptors (Lipinski definition) is 6. The van der Waals surface area contributed by atoms with Crippen LogP contribution in [0.5, 0.6) is 0 Å². The topological polar surface area (TPSA) is 88.4 Å². The van der Waals surface area contributed by atoms with E-state index in [0.29, 0.717) is 17.8 Å². The van der Waals surface area contributed by atoms with E-state index in [1.54, 1.807) is 12.4 Å². The maximum absolute atomic E-state index is 14.7. The number of halogens is 1. The predicted octanol–water partition coefficient (Wildman–Crippen LogP) is 3.31. The van der Waals surface area contributed by atoms with E-state index in [1.165, 1.54) is 17.8 Å². The lowest BCUT2D eigenvalue weighted by atomic mass is 10.1. The Morgan fingerprint density at radius 3 is 3.00 bits per heavy atom. The molecule has 2 aromatic rings. The van der Waals surface area contributed by atoms with Gasteiger partial charge < -0.3 is 15.0 Å². The van der Waals surface area contributed by atoms with Gasteiger partial charge in [-0.3, -0.25) is 14.6 Å². The lowest BCUT2D eigenvalue weighted by Gasteiger charge is -2.21. The van der Waals surface area contributed by atoms with E-state index in [-0.39, 0.29) is 25.1 Å². The summed E-state index contributed by atoms with van der Waals surface area (Å²) >= 11 is 1.50. The fraction of sp³-hybridized carbons (Fsp3) is 0.400. The Morgan fingerprint density at radius 1 is 1.48 bits per heavy atom. The molecular formula is C20H23FN4O3S. The molecule has 2 aliphatic carbocycles. The molecule has 0 aromatic carbocycles. The number of rotatable bonds is 8. The second kappa shape index (κ2) is 8.56. The maximum atomic E-state index is 14.7. The van der Waals surface area contributed by atoms with Gasteiger partial charge in [-0.2, -0.15) is 0 Å². The number of nitrogens with one attached hydrogen (secondary N) is 2. The van der Waals surface area contributed by atoms with Crippen molar-refractivity contribution in [2.75, 3.05) is 24.8 Å². The molecule has 2 aliphatic rings. The van der Waals surface area contributed by atoms with Crippen LogP contribution in [0.4, 0.5) is 10.1 Å². The molecule has 0 radical (unpaired) electrons. The first-order valence-electron chi connectivity index (χ1n) is 9.52. The van der Waals surface area contributed by atoms with Crippen molar-refractivity contribution in [2.45, 2.75) is 31.3 Å². The molecule has 4 rings (SSSR count). The molecule has 1 unspecified atom stereocenters. The van der Waals surface area contributed by atoms with Gasteiger partial charge in [0.1, 0.15) is 11.5 Å². The van der Waals surface area contributed by atoms with Crippen molar-refractivity contribution in [1.29, 1.82) is 0 Å². The van der Waals surface area contributed by atoms with Crippen molar-refractivity contribution in [3.63, 3.8) is 0 Å². The molecular weight excluding hydrogens is 395 g/mol. The summed E-state index contributed by atoms with van der Waals surface area (Å²) in [6.45, 7) is -0.217. The van der Waals surface area contributed by atoms with E-state index >= 15 is 0 Å². The fourth-order valence-corrected chi connectivity index (χ4v) is 4.03. The van der Waals surface area contributed by atoms with Gasteiger partial charge in [0.15, 0.2) is 0 Å². The molecule has 2 heterocycles. The molecule has 29 heavy (non-hydrogen) atoms. The van der Waals surface area contributed by atoms with Crippen LogP contribution < -0.4 is 10.8 Å². The van der Waals surface area contributed by atoms with Crippen LogP contribution in [0.2, 0.25) is 0 Å². The number of thioether (sulfide) groups is 1. The van der Waals surface area contributed by atoms with Crippen molar-refractivity contribution >= 4 is 34.3 Å². The molecule has 1 amide bonds. The van der Waals surface area contributed by atoms with Gasteiger partial charge in [0, 0.05) is 28.7 Å². The quantitative estimate of drug-likeness (QED) is 0.450. The minimum Gasteiger partial charge on any atom is -0.394 e. The van der Waals surface area contributed by atoms with E-state index < -0.39 is 11.9 Å². The summed E-state index contributed by atoms with van der Waals surface area (Å²) in [6, 6.07) is 1.52. The average molecular weight is 418 g/mol. The first-order valence-corrected chi connectivity index (χ1v) is 10.7. The SMILES string of the molecule is CSC1=CCC(Nc2c(C(=O)NOCCO)n(C3CC3)c3ccncc23)C(F)=C1. The zero-order valence-corrected chi connectivity index (χ0v) is 16.8. The summed E-state index contributed by atoms with van der Waals surface area (Å²) in [7, 11) is 0. The van der Waals surface area contributed by atoms with E-state index in [2.05, 4.69) is 15.8 Å². The van der Waals surface area contributed by atoms with Crippen molar-refractivity contribution in [1.82, 2.24) is 15.0 Å². The van der Waals surface area contributed by atoms with E-state index in [1.807, 2.05) is 23.0 Å². The van der Waals surface area contributed by atoms with Gasteiger partial charge in [0.2, 0.25) is 0 Å². The Morgan fingerprint density at radius 2 is 2.31 bits per heavy atom. The smallest absolute Gasteiger partial charge is 0.293 e. The van der Waals surface area contributed by atoms with E-state index in [0.717, 1.165) is 28.6 Å². The normalized spacial score (nSPS) is 19.1. The van der Waals surface area contributed by atoms with Gasteiger partial charge in [0.25, 0.3) is 5.91 Å². The third-order valence-corrected chi connectivity index (χ3v) is 5.77. The van der Waals surface area contributed by atoms with Crippen LogP contribution in [0.1, 0.15) is 35.8 Å². The molecule has 1 fully saturated rings. The van der Waals surface area contributed by atoms with Gasteiger partial charge in [-0.15, -0.1) is 11.8 Å². The number of carbonyl (C=O) groups excluding carboxylic acids is 1. The summed E-state index contributed by atoms with van der Waals surface area (Å²) in [5.74, 6) is -0.708. The first kappa shape index (κ1) is 19.9. The van der Waals surface area contributed by atoms with Crippen LogP contribution in [0.3, 0.4) is 0 Å². The summed E-state index contributed by atoms with van der Waals surface area (Å²) in [6.07, 6.45) is 11.2. The predicted molar refractivity (Wildman–Crippen MR) is 111 cm³/mol. The molecule has 2 aromatic heterocycles. The maximum Gasteiger partial charge on any atom is 0.293 e. The lowest BCUT2D eigenvalue weighted by molar-refractivity contribution is 0.0162. The summed E-state index contributed by atoms with van der Waals surface area (Å²) in [5, 5.41) is 12.9. The molecule has 0 aliphatic heterocycles. The fourth-order valence-electron chi connectivity index (χ4n) is 3.54. The summed E-state index contributed by atoms with van der Waals surface area (Å²) in [5.41, 5.74) is 4.19. The standard InChI is InChI=1S/C20H23FN4O3S/c1-29-13-4-5-16(15(21)10-13)23-18-14-11-22-7-6-17(14)25(12-2-3-12)19(18)20(27)24-28-9-8-26/h4,6-7,10-12,16,23,26H,2-3,5,8-9H2,1H3,(H,24,27). The Kier molecular flexibility index (Phi) is 5.89. The lowest BCUT2D eigenvalue weighted by Crippen LogP contribution is -2.29. The number of hydrogen-bond donors (Lipinski definition) is 3. The molecule has 9 heteroatoms. The molecule has 1 atom stereocenters. The number of hydroxylamine groups is 1. The molecule has 3 N–H and O–H groups in total. The van der Waals surface area contributed by atoms with Crippen LogP contribution in [0.25, 0.3) is 10.9 Å². The third kappa shape index (κ3) is 4.03. The molecule has 1 saturated carbocycles. The Hall–Kier alpha value is -2.36. The molecule has 0 bridgehead atoms. The zero-order valence-electron chi connectivity index (χ0n) is 16.0. The van der Waals surface area contributed by atoms with Crippen LogP contribution in [0.15, 0.2) is 41.3 Å². The van der Waals surface area contributed by atoms with Crippen LogP contribution >= 0.6 is 11.8 Å². The number of fused-ring (bicyclic) bond motifs is 1. The Bertz CT molecular complexity index is 984. The highest BCUT2D eigenvalue weighted by atomic mass is 32.2. The van der Waals surface area contributed by atoms with Gasteiger partial charge in [-0.25, -0.2) is 9.87 Å². The number of aliphatic hydroxyl groups is 1. The average Bonchev–Trinajstić information content (AvgIpc) is 3.52. The highest BCUT2D eigenvalue weighted by Crippen LogP contribution is 2.43. The molecule has 0 spiro atoms. The monoisotopic (exact) mass is 418 g/mol. The minimum atomic E-state index is -0.561. The zero-order chi connectivity index (χ0) is 20.4. The number of anilines is 1. The number of pyridine rings is 1. The van der Waals surface area contributed by atoms with Crippen molar-refractivity contribution in [3.05, 3.63) is 47.0 Å². The summed E-state index contributed by atoms with van der Waals surface area (Å²) in [4.78, 5) is 23.1. The Labute approximate surface area is 172 Å². The van der Waals surface area contributed by atoms with Crippen molar-refractivity contribution in [2.24, 2.45) is 0 Å². The van der Waals surface area contributed by atoms with Crippen LogP contribution in [-0.2, 0) is 4.84 Å². The second-order valence-corrected chi connectivity index (χ2v) is 7.87. The highest BCUT2D eigenvalue weighted by molar-refractivity contribution is 8.02. The highest BCUT2D eigenvalue weighted by Gasteiger charge is 2.34. The largest absolute Gasteiger partial charge is 0.394 e. The van der Waals surface area contributed by atoms with Gasteiger partial charge in [-0.1, -0.05) is 6.08 Å². The van der Waals surface area contributed by atoms with Crippen LogP contribution in [-0.4, -0.2) is 46.1 Å².